The van der Waals surface area contributed by atoms with Crippen LogP contribution in [0.25, 0.3) is 0 Å². The first-order valence-corrected chi connectivity index (χ1v) is 20.5. The highest BCUT2D eigenvalue weighted by atomic mass is 28.4. The summed E-state index contributed by atoms with van der Waals surface area (Å²) in [6, 6.07) is 63.4. The number of benzene rings is 6. The standard InChI is InChI=1S/C42H38N2O2Si2/c1-7-21-35(22-8-1)47(36-23-9-2-10-24-36,37-25-11-3-12-26-37)45-43-41-33-19-20-34-42(41)44-46-48(38-27-13-4-14-28-38,39-29-15-5-16-30-39)40-31-17-6-18-32-40/h1-18,21-32H,19-20,33-34H2. The van der Waals surface area contributed by atoms with Gasteiger partial charge in [-0.25, -0.2) is 0 Å². The third-order valence-corrected chi connectivity index (χ3v) is 16.7. The summed E-state index contributed by atoms with van der Waals surface area (Å²) in [5, 5.41) is 17.0. The van der Waals surface area contributed by atoms with Gasteiger partial charge >= 0.3 is 16.6 Å². The Balaban J connectivity index is 1.35. The zero-order valence-corrected chi connectivity index (χ0v) is 28.9. The van der Waals surface area contributed by atoms with E-state index in [1.165, 1.54) is 0 Å². The molecule has 0 bridgehead atoms. The maximum atomic E-state index is 7.05. The number of oxime groups is 2. The van der Waals surface area contributed by atoms with Crippen molar-refractivity contribution in [2.24, 2.45) is 10.3 Å². The minimum Gasteiger partial charge on any atom is -0.438 e. The molecule has 1 aliphatic rings. The van der Waals surface area contributed by atoms with Crippen LogP contribution in [0.15, 0.2) is 192 Å². The van der Waals surface area contributed by atoms with E-state index in [0.29, 0.717) is 0 Å². The fourth-order valence-electron chi connectivity index (χ4n) is 6.67. The van der Waals surface area contributed by atoms with Crippen LogP contribution in [0.2, 0.25) is 0 Å². The zero-order valence-electron chi connectivity index (χ0n) is 26.9. The fraction of sp³-hybridized carbons (Fsp3) is 0.0952. The van der Waals surface area contributed by atoms with Crippen LogP contribution in [0.1, 0.15) is 25.7 Å². The smallest absolute Gasteiger partial charge is 0.380 e. The summed E-state index contributed by atoms with van der Waals surface area (Å²) in [6.07, 6.45) is 3.61. The predicted molar refractivity (Wildman–Crippen MR) is 203 cm³/mol. The van der Waals surface area contributed by atoms with E-state index in [1.807, 2.05) is 0 Å². The Kier molecular flexibility index (Phi) is 9.54. The number of hydrogen-bond acceptors (Lipinski definition) is 4. The maximum Gasteiger partial charge on any atom is 0.380 e. The molecule has 1 aliphatic carbocycles. The molecule has 6 aromatic rings. The molecule has 0 amide bonds. The van der Waals surface area contributed by atoms with Crippen molar-refractivity contribution in [2.75, 3.05) is 0 Å². The third kappa shape index (κ3) is 6.20. The van der Waals surface area contributed by atoms with Crippen LogP contribution in [-0.4, -0.2) is 28.1 Å². The van der Waals surface area contributed by atoms with E-state index < -0.39 is 16.6 Å². The van der Waals surface area contributed by atoms with Crippen molar-refractivity contribution in [3.8, 4) is 0 Å². The summed E-state index contributed by atoms with van der Waals surface area (Å²) in [6.45, 7) is 0. The van der Waals surface area contributed by atoms with Crippen molar-refractivity contribution in [1.29, 1.82) is 0 Å². The van der Waals surface area contributed by atoms with Gasteiger partial charge in [-0.15, -0.1) is 10.3 Å². The van der Waals surface area contributed by atoms with Gasteiger partial charge in [-0.2, -0.15) is 0 Å². The van der Waals surface area contributed by atoms with Crippen LogP contribution < -0.4 is 31.1 Å². The van der Waals surface area contributed by atoms with Crippen LogP contribution in [0, 0.1) is 0 Å². The Bertz CT molecular complexity index is 1620. The van der Waals surface area contributed by atoms with Crippen LogP contribution >= 0.6 is 0 Å². The molecule has 0 saturated heterocycles. The lowest BCUT2D eigenvalue weighted by molar-refractivity contribution is 0.340. The molecule has 48 heavy (non-hydrogen) atoms. The molecule has 236 valence electrons. The van der Waals surface area contributed by atoms with Crippen LogP contribution in [0.5, 0.6) is 0 Å². The SMILES string of the molecule is c1ccc([Si](ON=C2CCCCC2=NO[Si](c2ccccc2)(c2ccccc2)c2ccccc2)(c2ccccc2)c2ccccc2)cc1. The highest BCUT2D eigenvalue weighted by Crippen LogP contribution is 2.19. The molecule has 0 spiro atoms. The first-order chi connectivity index (χ1) is 23.8. The van der Waals surface area contributed by atoms with E-state index in [0.717, 1.165) is 68.2 Å². The Hall–Kier alpha value is -5.31. The molecule has 0 unspecified atom stereocenters. The van der Waals surface area contributed by atoms with Crippen molar-refractivity contribution >= 4 is 59.2 Å². The lowest BCUT2D eigenvalue weighted by Gasteiger charge is -2.32. The van der Waals surface area contributed by atoms with Gasteiger partial charge in [0, 0.05) is 0 Å². The molecule has 0 aliphatic heterocycles. The van der Waals surface area contributed by atoms with E-state index in [-0.39, 0.29) is 0 Å². The van der Waals surface area contributed by atoms with Gasteiger partial charge in [0.25, 0.3) is 0 Å². The first kappa shape index (κ1) is 31.3. The van der Waals surface area contributed by atoms with Gasteiger partial charge in [0.15, 0.2) is 0 Å². The molecule has 4 nitrogen and oxygen atoms in total. The summed E-state index contributed by atoms with van der Waals surface area (Å²) in [5.41, 5.74) is 1.72. The average molecular weight is 659 g/mol. The number of hydrogen-bond donors (Lipinski definition) is 0. The summed E-state index contributed by atoms with van der Waals surface area (Å²) >= 11 is 0. The van der Waals surface area contributed by atoms with Crippen molar-refractivity contribution in [1.82, 2.24) is 0 Å². The molecular weight excluding hydrogens is 621 g/mol. The summed E-state index contributed by atoms with van der Waals surface area (Å²) in [5.74, 6) is 0. The molecule has 0 heterocycles. The van der Waals surface area contributed by atoms with Gasteiger partial charge in [0.1, 0.15) is 11.4 Å². The third-order valence-electron chi connectivity index (χ3n) is 9.08. The molecule has 6 aromatic carbocycles. The molecule has 0 aromatic heterocycles. The van der Waals surface area contributed by atoms with Crippen LogP contribution in [-0.2, 0) is 9.05 Å². The molecule has 6 heteroatoms. The van der Waals surface area contributed by atoms with E-state index >= 15 is 0 Å². The van der Waals surface area contributed by atoms with Gasteiger partial charge in [0.05, 0.1) is 0 Å². The van der Waals surface area contributed by atoms with Gasteiger partial charge in [-0.3, -0.25) is 0 Å². The van der Waals surface area contributed by atoms with Crippen molar-refractivity contribution in [2.45, 2.75) is 25.7 Å². The number of rotatable bonds is 10. The topological polar surface area (TPSA) is 43.2 Å². The summed E-state index contributed by atoms with van der Waals surface area (Å²) in [7, 11) is -6.06. The largest absolute Gasteiger partial charge is 0.438 e. The van der Waals surface area contributed by atoms with Gasteiger partial charge in [-0.1, -0.05) is 182 Å². The molecule has 1 fully saturated rings. The van der Waals surface area contributed by atoms with Gasteiger partial charge in [-0.05, 0) is 56.8 Å². The second kappa shape index (κ2) is 14.6. The molecule has 0 atom stereocenters. The monoisotopic (exact) mass is 658 g/mol. The van der Waals surface area contributed by atoms with Crippen LogP contribution in [0.4, 0.5) is 0 Å². The second-order valence-electron chi connectivity index (χ2n) is 12.0. The highest BCUT2D eigenvalue weighted by Gasteiger charge is 2.46. The Morgan fingerprint density at radius 1 is 0.312 bits per heavy atom. The fourth-order valence-corrected chi connectivity index (χ4v) is 13.8. The Morgan fingerprint density at radius 3 is 0.729 bits per heavy atom. The normalized spacial score (nSPS) is 15.2. The second-order valence-corrected chi connectivity index (χ2v) is 18.6. The van der Waals surface area contributed by atoms with E-state index in [9.17, 15) is 0 Å². The quantitative estimate of drug-likeness (QED) is 0.109. The van der Waals surface area contributed by atoms with E-state index in [1.54, 1.807) is 0 Å². The van der Waals surface area contributed by atoms with Crippen molar-refractivity contribution < 1.29 is 9.05 Å². The van der Waals surface area contributed by atoms with Crippen molar-refractivity contribution in [3.63, 3.8) is 0 Å². The summed E-state index contributed by atoms with van der Waals surface area (Å²) in [4.78, 5) is 0. The predicted octanol–water partition coefficient (Wildman–Crippen LogP) is 5.64. The highest BCUT2D eigenvalue weighted by molar-refractivity contribution is 7.07. The van der Waals surface area contributed by atoms with E-state index in [4.69, 9.17) is 19.4 Å². The maximum absolute atomic E-state index is 7.05. The van der Waals surface area contributed by atoms with Crippen molar-refractivity contribution in [3.05, 3.63) is 182 Å². The van der Waals surface area contributed by atoms with Crippen LogP contribution in [0.3, 0.4) is 0 Å². The lowest BCUT2D eigenvalue weighted by atomic mass is 9.97. The molecule has 7 rings (SSSR count). The number of nitrogens with zero attached hydrogens (tertiary/aromatic N) is 2. The van der Waals surface area contributed by atoms with Gasteiger partial charge < -0.3 is 9.05 Å². The van der Waals surface area contributed by atoms with E-state index in [2.05, 4.69) is 182 Å². The molecule has 0 radical (unpaired) electrons. The lowest BCUT2D eigenvalue weighted by Crippen LogP contribution is -2.68. The molecule has 0 N–H and O–H groups in total. The molecular formula is C42H38N2O2Si2. The average Bonchev–Trinajstić information content (AvgIpc) is 3.18. The Morgan fingerprint density at radius 2 is 0.521 bits per heavy atom. The molecule has 1 saturated carbocycles. The Labute approximate surface area is 285 Å². The minimum atomic E-state index is -3.03. The summed E-state index contributed by atoms with van der Waals surface area (Å²) < 4.78 is 14.1. The first-order valence-electron chi connectivity index (χ1n) is 16.6. The minimum absolute atomic E-state index is 0.779. The van der Waals surface area contributed by atoms with Gasteiger partial charge in [0.2, 0.25) is 0 Å². The zero-order chi connectivity index (χ0) is 32.5.